The van der Waals surface area contributed by atoms with E-state index in [2.05, 4.69) is 0 Å². The van der Waals surface area contributed by atoms with Gasteiger partial charge >= 0.3 is 0 Å². The molecule has 2 rings (SSSR count). The number of ether oxygens (including phenoxy) is 2. The molecule has 0 aliphatic rings. The molecule has 0 aromatic heterocycles. The Morgan fingerprint density at radius 2 is 1.67 bits per heavy atom. The van der Waals surface area contributed by atoms with Crippen LogP contribution in [0, 0.1) is 0 Å². The van der Waals surface area contributed by atoms with Crippen LogP contribution in [0.15, 0.2) is 47.4 Å². The molecule has 0 fully saturated rings. The molecule has 0 aliphatic carbocycles. The number of nitrogens with zero attached hydrogens (tertiary/aromatic N) is 1. The maximum absolute atomic E-state index is 12.9. The van der Waals surface area contributed by atoms with E-state index in [9.17, 15) is 13.2 Å². The number of benzene rings is 2. The average molecular weight is 350 g/mol. The number of methoxy groups -OCH3 is 2. The molecule has 0 radical (unpaired) electrons. The van der Waals surface area contributed by atoms with Crippen LogP contribution in [0.3, 0.4) is 0 Å². The highest BCUT2D eigenvalue weighted by atomic mass is 32.2. The zero-order valence-corrected chi connectivity index (χ0v) is 14.3. The van der Waals surface area contributed by atoms with Gasteiger partial charge in [0.2, 0.25) is 0 Å². The first-order chi connectivity index (χ1) is 11.3. The fraction of sp³-hybridized carbons (Fsp3) is 0.188. The van der Waals surface area contributed by atoms with Crippen LogP contribution in [0.2, 0.25) is 0 Å². The summed E-state index contributed by atoms with van der Waals surface area (Å²) in [5.41, 5.74) is 5.63. The first-order valence-electron chi connectivity index (χ1n) is 6.92. The molecule has 0 spiro atoms. The van der Waals surface area contributed by atoms with Crippen LogP contribution >= 0.6 is 0 Å². The van der Waals surface area contributed by atoms with E-state index in [4.69, 9.17) is 15.2 Å². The minimum Gasteiger partial charge on any atom is -0.493 e. The van der Waals surface area contributed by atoms with Crippen LogP contribution < -0.4 is 19.5 Å². The van der Waals surface area contributed by atoms with E-state index in [1.807, 2.05) is 0 Å². The normalized spacial score (nSPS) is 11.0. The lowest BCUT2D eigenvalue weighted by Gasteiger charge is -2.22. The van der Waals surface area contributed by atoms with Gasteiger partial charge in [-0.25, -0.2) is 8.42 Å². The smallest absolute Gasteiger partial charge is 0.264 e. The number of anilines is 1. The number of amides is 1. The molecule has 0 heterocycles. The molecule has 8 heteroatoms. The van der Waals surface area contributed by atoms with Crippen LogP contribution in [-0.4, -0.2) is 35.6 Å². The number of carbonyl (C=O) groups excluding carboxylic acids is 1. The first-order valence-corrected chi connectivity index (χ1v) is 8.36. The molecule has 24 heavy (non-hydrogen) atoms. The highest BCUT2D eigenvalue weighted by Gasteiger charge is 2.25. The number of nitrogens with two attached hydrogens (primary N) is 1. The standard InChI is InChI=1S/C16H18N2O5S/c1-18(13-7-5-4-6-12(13)16(17)19)24(20,21)11-8-9-14(22-2)15(10-11)23-3/h4-10H,1-3H3,(H2,17,19). The SMILES string of the molecule is COc1ccc(S(=O)(=O)N(C)c2ccccc2C(N)=O)cc1OC. The summed E-state index contributed by atoms with van der Waals surface area (Å²) in [6, 6.07) is 10.5. The van der Waals surface area contributed by atoms with Crippen LogP contribution in [0.4, 0.5) is 5.69 Å². The van der Waals surface area contributed by atoms with Gasteiger partial charge in [0.05, 0.1) is 30.4 Å². The molecular weight excluding hydrogens is 332 g/mol. The third kappa shape index (κ3) is 3.13. The number of carbonyl (C=O) groups is 1. The molecule has 0 saturated carbocycles. The minimum atomic E-state index is -3.92. The lowest BCUT2D eigenvalue weighted by atomic mass is 10.2. The van der Waals surface area contributed by atoms with Gasteiger partial charge in [-0.2, -0.15) is 0 Å². The van der Waals surface area contributed by atoms with Crippen LogP contribution in [0.1, 0.15) is 10.4 Å². The summed E-state index contributed by atoms with van der Waals surface area (Å²) in [7, 11) is 0.316. The van der Waals surface area contributed by atoms with Crippen molar-refractivity contribution in [2.24, 2.45) is 5.73 Å². The number of sulfonamides is 1. The van der Waals surface area contributed by atoms with Crippen molar-refractivity contribution in [3.05, 3.63) is 48.0 Å². The number of rotatable bonds is 6. The van der Waals surface area contributed by atoms with Gasteiger partial charge in [-0.3, -0.25) is 9.10 Å². The van der Waals surface area contributed by atoms with Crippen molar-refractivity contribution in [2.75, 3.05) is 25.6 Å². The molecule has 2 aromatic carbocycles. The van der Waals surface area contributed by atoms with Crippen molar-refractivity contribution < 1.29 is 22.7 Å². The Kier molecular flexibility index (Phi) is 4.99. The second-order valence-corrected chi connectivity index (χ2v) is 6.84. The number of para-hydroxylation sites is 1. The zero-order chi connectivity index (χ0) is 17.9. The van der Waals surface area contributed by atoms with E-state index in [1.54, 1.807) is 12.1 Å². The summed E-state index contributed by atoms with van der Waals surface area (Å²) in [6.45, 7) is 0. The van der Waals surface area contributed by atoms with Crippen molar-refractivity contribution in [3.8, 4) is 11.5 Å². The zero-order valence-electron chi connectivity index (χ0n) is 13.5. The Labute approximate surface area is 140 Å². The van der Waals surface area contributed by atoms with Gasteiger partial charge in [-0.05, 0) is 24.3 Å². The van der Waals surface area contributed by atoms with E-state index in [1.165, 1.54) is 51.6 Å². The van der Waals surface area contributed by atoms with E-state index in [0.29, 0.717) is 5.75 Å². The molecular formula is C16H18N2O5S. The maximum Gasteiger partial charge on any atom is 0.264 e. The van der Waals surface area contributed by atoms with Crippen molar-refractivity contribution in [3.63, 3.8) is 0 Å². The number of hydrogen-bond donors (Lipinski definition) is 1. The Hall–Kier alpha value is -2.74. The molecule has 0 unspecified atom stereocenters. The van der Waals surface area contributed by atoms with Crippen molar-refractivity contribution >= 4 is 21.6 Å². The molecule has 0 bridgehead atoms. The Balaban J connectivity index is 2.53. The van der Waals surface area contributed by atoms with Gasteiger partial charge in [0.25, 0.3) is 15.9 Å². The molecule has 0 saturated heterocycles. The lowest BCUT2D eigenvalue weighted by molar-refractivity contribution is 0.100. The predicted octanol–water partition coefficient (Wildman–Crippen LogP) is 1.63. The molecule has 128 valence electrons. The number of primary amides is 1. The third-order valence-corrected chi connectivity index (χ3v) is 5.29. The van der Waals surface area contributed by atoms with Crippen LogP contribution in [-0.2, 0) is 10.0 Å². The Morgan fingerprint density at radius 3 is 2.25 bits per heavy atom. The Morgan fingerprint density at radius 1 is 1.04 bits per heavy atom. The molecule has 2 N–H and O–H groups in total. The lowest BCUT2D eigenvalue weighted by Crippen LogP contribution is -2.29. The highest BCUT2D eigenvalue weighted by Crippen LogP contribution is 2.32. The molecule has 1 amide bonds. The summed E-state index contributed by atoms with van der Waals surface area (Å²) in [6.07, 6.45) is 0. The third-order valence-electron chi connectivity index (χ3n) is 3.52. The summed E-state index contributed by atoms with van der Waals surface area (Å²) < 4.78 is 37.0. The largest absolute Gasteiger partial charge is 0.493 e. The van der Waals surface area contributed by atoms with Gasteiger partial charge in [-0.15, -0.1) is 0 Å². The quantitative estimate of drug-likeness (QED) is 0.854. The summed E-state index contributed by atoms with van der Waals surface area (Å²) in [5, 5.41) is 0. The van der Waals surface area contributed by atoms with Gasteiger partial charge in [-0.1, -0.05) is 12.1 Å². The summed E-state index contributed by atoms with van der Waals surface area (Å²) in [4.78, 5) is 11.5. The van der Waals surface area contributed by atoms with E-state index in [0.717, 1.165) is 4.31 Å². The summed E-state index contributed by atoms with van der Waals surface area (Å²) in [5.74, 6) is -0.00763. The average Bonchev–Trinajstić information content (AvgIpc) is 2.60. The van der Waals surface area contributed by atoms with E-state index in [-0.39, 0.29) is 21.9 Å². The van der Waals surface area contributed by atoms with Crippen LogP contribution in [0.25, 0.3) is 0 Å². The maximum atomic E-state index is 12.9. The minimum absolute atomic E-state index is 0.00178. The van der Waals surface area contributed by atoms with Crippen molar-refractivity contribution in [2.45, 2.75) is 4.90 Å². The summed E-state index contributed by atoms with van der Waals surface area (Å²) >= 11 is 0. The highest BCUT2D eigenvalue weighted by molar-refractivity contribution is 7.92. The molecule has 0 atom stereocenters. The Bertz CT molecular complexity index is 865. The van der Waals surface area contributed by atoms with E-state index < -0.39 is 15.9 Å². The molecule has 0 aliphatic heterocycles. The second-order valence-electron chi connectivity index (χ2n) is 4.87. The van der Waals surface area contributed by atoms with Gasteiger partial charge in [0.15, 0.2) is 11.5 Å². The van der Waals surface area contributed by atoms with Gasteiger partial charge in [0.1, 0.15) is 0 Å². The van der Waals surface area contributed by atoms with E-state index >= 15 is 0 Å². The molecule has 7 nitrogen and oxygen atoms in total. The molecule has 2 aromatic rings. The van der Waals surface area contributed by atoms with Crippen molar-refractivity contribution in [1.82, 2.24) is 0 Å². The topological polar surface area (TPSA) is 98.9 Å². The fourth-order valence-corrected chi connectivity index (χ4v) is 3.45. The van der Waals surface area contributed by atoms with Crippen molar-refractivity contribution in [1.29, 1.82) is 0 Å². The fourth-order valence-electron chi connectivity index (χ4n) is 2.22. The predicted molar refractivity (Wildman–Crippen MR) is 90.1 cm³/mol. The van der Waals surface area contributed by atoms with Gasteiger partial charge in [0, 0.05) is 13.1 Å². The second kappa shape index (κ2) is 6.79. The van der Waals surface area contributed by atoms with Gasteiger partial charge < -0.3 is 15.2 Å². The monoisotopic (exact) mass is 350 g/mol. The first kappa shape index (κ1) is 17.6. The van der Waals surface area contributed by atoms with Crippen LogP contribution in [0.5, 0.6) is 11.5 Å². The number of hydrogen-bond acceptors (Lipinski definition) is 5.